The number of nitrogens with two attached hydrogens (primary N) is 1. The molecule has 3 N–H and O–H groups in total. The molecule has 0 aliphatic carbocycles. The highest BCUT2D eigenvalue weighted by atomic mass is 32.2. The van der Waals surface area contributed by atoms with E-state index in [1.54, 1.807) is 32.5 Å². The molecule has 1 amide bonds. The van der Waals surface area contributed by atoms with Gasteiger partial charge in [0.15, 0.2) is 0 Å². The molecular formula is C13H20F3N3O2S. The fourth-order valence-electron chi connectivity index (χ4n) is 1.19. The van der Waals surface area contributed by atoms with Crippen molar-refractivity contribution < 1.29 is 22.7 Å². The highest BCUT2D eigenvalue weighted by molar-refractivity contribution is 7.97. The lowest BCUT2D eigenvalue weighted by Crippen LogP contribution is -2.27. The quantitative estimate of drug-likeness (QED) is 0.808. The molecule has 126 valence electrons. The van der Waals surface area contributed by atoms with Crippen LogP contribution in [0, 0.1) is 0 Å². The molecule has 1 heterocycles. The maximum absolute atomic E-state index is 12.5. The molecule has 0 unspecified atom stereocenters. The van der Waals surface area contributed by atoms with E-state index in [0.29, 0.717) is 6.07 Å². The van der Waals surface area contributed by atoms with Gasteiger partial charge in [-0.05, 0) is 39.3 Å². The Morgan fingerprint density at radius 2 is 1.77 bits per heavy atom. The number of ether oxygens (including phenoxy) is 1. The zero-order valence-electron chi connectivity index (χ0n) is 13.0. The van der Waals surface area contributed by atoms with Crippen molar-refractivity contribution in [2.45, 2.75) is 32.5 Å². The molecule has 1 aromatic heterocycles. The molecule has 0 aliphatic rings. The predicted octanol–water partition coefficient (Wildman–Crippen LogP) is 4.01. The van der Waals surface area contributed by atoms with Crippen molar-refractivity contribution in [3.63, 3.8) is 0 Å². The minimum absolute atomic E-state index is 0.130. The summed E-state index contributed by atoms with van der Waals surface area (Å²) in [5.41, 5.74) is 3.19. The number of nitrogens with one attached hydrogen (secondary N) is 1. The Balaban J connectivity index is 0.00000135. The molecule has 1 rings (SSSR count). The monoisotopic (exact) mass is 339 g/mol. The second-order valence-electron chi connectivity index (χ2n) is 5.20. The second kappa shape index (κ2) is 8.11. The lowest BCUT2D eigenvalue weighted by Gasteiger charge is -2.20. The van der Waals surface area contributed by atoms with Crippen LogP contribution in [0.5, 0.6) is 0 Å². The van der Waals surface area contributed by atoms with Gasteiger partial charge in [-0.25, -0.2) is 9.78 Å². The minimum Gasteiger partial charge on any atom is -0.444 e. The minimum atomic E-state index is -4.64. The molecule has 0 aromatic carbocycles. The summed E-state index contributed by atoms with van der Waals surface area (Å²) in [7, 11) is 0. The molecule has 1 aromatic rings. The van der Waals surface area contributed by atoms with Gasteiger partial charge < -0.3 is 10.5 Å². The van der Waals surface area contributed by atoms with E-state index in [2.05, 4.69) is 10.3 Å². The highest BCUT2D eigenvalue weighted by Gasteiger charge is 2.33. The van der Waals surface area contributed by atoms with Gasteiger partial charge in [0, 0.05) is 11.8 Å². The van der Waals surface area contributed by atoms with Crippen molar-refractivity contribution in [3.05, 3.63) is 17.8 Å². The van der Waals surface area contributed by atoms with Gasteiger partial charge in [-0.3, -0.25) is 5.32 Å². The standard InChI is InChI=1S/C11H14F3N3O2.C2H6S/c1-10(2,3)19-9(18)16-6-4-7(11(12,13)14)17-8(15)5-6;1-3-2/h4-5H,1-3H3,(H3,15,16,17,18);1-2H3. The van der Waals surface area contributed by atoms with Crippen molar-refractivity contribution in [3.8, 4) is 0 Å². The van der Waals surface area contributed by atoms with Crippen LogP contribution in [0.25, 0.3) is 0 Å². The van der Waals surface area contributed by atoms with Gasteiger partial charge in [-0.15, -0.1) is 0 Å². The van der Waals surface area contributed by atoms with Crippen molar-refractivity contribution in [2.75, 3.05) is 23.6 Å². The number of carbonyl (C=O) groups is 1. The predicted molar refractivity (Wildman–Crippen MR) is 82.9 cm³/mol. The van der Waals surface area contributed by atoms with E-state index < -0.39 is 23.6 Å². The van der Waals surface area contributed by atoms with Crippen LogP contribution in [0.1, 0.15) is 26.5 Å². The first-order valence-corrected chi connectivity index (χ1v) is 7.77. The van der Waals surface area contributed by atoms with Crippen LogP contribution in [0.15, 0.2) is 12.1 Å². The maximum Gasteiger partial charge on any atom is 0.433 e. The molecule has 9 heteroatoms. The van der Waals surface area contributed by atoms with Gasteiger partial charge in [0.05, 0.1) is 0 Å². The first kappa shape index (κ1) is 20.4. The van der Waals surface area contributed by atoms with E-state index in [4.69, 9.17) is 10.5 Å². The number of nitrogen functional groups attached to an aromatic ring is 1. The Bertz CT molecular complexity index is 502. The molecule has 0 spiro atoms. The number of amides is 1. The summed E-state index contributed by atoms with van der Waals surface area (Å²) >= 11 is 1.75. The first-order valence-electron chi connectivity index (χ1n) is 6.14. The van der Waals surface area contributed by atoms with Gasteiger partial charge in [0.1, 0.15) is 17.1 Å². The molecule has 0 saturated carbocycles. The zero-order chi connectivity index (χ0) is 17.6. The number of rotatable bonds is 1. The molecule has 22 heavy (non-hydrogen) atoms. The zero-order valence-corrected chi connectivity index (χ0v) is 13.9. The summed E-state index contributed by atoms with van der Waals surface area (Å²) in [4.78, 5) is 14.6. The van der Waals surface area contributed by atoms with E-state index in [1.165, 1.54) is 0 Å². The van der Waals surface area contributed by atoms with Crippen molar-refractivity contribution in [2.24, 2.45) is 0 Å². The van der Waals surface area contributed by atoms with Crippen LogP contribution in [-0.2, 0) is 10.9 Å². The number of halogens is 3. The topological polar surface area (TPSA) is 77.2 Å². The maximum atomic E-state index is 12.5. The fourth-order valence-corrected chi connectivity index (χ4v) is 1.19. The Labute approximate surface area is 131 Å². The Morgan fingerprint density at radius 3 is 2.18 bits per heavy atom. The van der Waals surface area contributed by atoms with Crippen molar-refractivity contribution in [1.82, 2.24) is 4.98 Å². The number of aromatic nitrogens is 1. The number of hydrogen-bond donors (Lipinski definition) is 2. The summed E-state index contributed by atoms with van der Waals surface area (Å²) in [6.07, 6.45) is -1.43. The first-order chi connectivity index (χ1) is 9.89. The number of alkyl halides is 3. The Morgan fingerprint density at radius 1 is 1.27 bits per heavy atom. The van der Waals surface area contributed by atoms with Gasteiger partial charge in [0.25, 0.3) is 0 Å². The van der Waals surface area contributed by atoms with Crippen LogP contribution < -0.4 is 11.1 Å². The lowest BCUT2D eigenvalue weighted by molar-refractivity contribution is -0.141. The molecule has 5 nitrogen and oxygen atoms in total. The normalized spacial score (nSPS) is 11.3. The van der Waals surface area contributed by atoms with Crippen LogP contribution >= 0.6 is 11.8 Å². The Kier molecular flexibility index (Phi) is 7.51. The summed E-state index contributed by atoms with van der Waals surface area (Å²) in [6.45, 7) is 4.90. The van der Waals surface area contributed by atoms with E-state index >= 15 is 0 Å². The summed E-state index contributed by atoms with van der Waals surface area (Å²) in [5, 5.41) is 2.17. The van der Waals surface area contributed by atoms with Gasteiger partial charge in [-0.1, -0.05) is 0 Å². The molecular weight excluding hydrogens is 319 g/mol. The van der Waals surface area contributed by atoms with Gasteiger partial charge in [-0.2, -0.15) is 24.9 Å². The average molecular weight is 339 g/mol. The van der Waals surface area contributed by atoms with Gasteiger partial charge in [0.2, 0.25) is 0 Å². The van der Waals surface area contributed by atoms with E-state index in [0.717, 1.165) is 6.07 Å². The molecule has 0 atom stereocenters. The third kappa shape index (κ3) is 8.60. The smallest absolute Gasteiger partial charge is 0.433 e. The van der Waals surface area contributed by atoms with Crippen LogP contribution in [0.2, 0.25) is 0 Å². The number of pyridine rings is 1. The van der Waals surface area contributed by atoms with Crippen LogP contribution in [0.4, 0.5) is 29.5 Å². The van der Waals surface area contributed by atoms with E-state index in [-0.39, 0.29) is 11.5 Å². The molecule has 0 fully saturated rings. The number of carbonyl (C=O) groups excluding carboxylic acids is 1. The molecule has 0 radical (unpaired) electrons. The lowest BCUT2D eigenvalue weighted by atomic mass is 10.2. The average Bonchev–Trinajstić information content (AvgIpc) is 2.24. The van der Waals surface area contributed by atoms with Crippen LogP contribution in [-0.4, -0.2) is 29.2 Å². The van der Waals surface area contributed by atoms with E-state index in [1.807, 2.05) is 12.5 Å². The van der Waals surface area contributed by atoms with Crippen molar-refractivity contribution >= 4 is 29.4 Å². The largest absolute Gasteiger partial charge is 0.444 e. The molecule has 0 bridgehead atoms. The Hall–Kier alpha value is -1.64. The third-order valence-electron chi connectivity index (χ3n) is 1.78. The van der Waals surface area contributed by atoms with Crippen LogP contribution in [0.3, 0.4) is 0 Å². The number of thioether (sulfide) groups is 1. The number of hydrogen-bond acceptors (Lipinski definition) is 5. The summed E-state index contributed by atoms with van der Waals surface area (Å²) < 4.78 is 42.4. The number of nitrogens with zero attached hydrogens (tertiary/aromatic N) is 1. The molecule has 0 aliphatic heterocycles. The fraction of sp³-hybridized carbons (Fsp3) is 0.538. The van der Waals surface area contributed by atoms with Crippen molar-refractivity contribution in [1.29, 1.82) is 0 Å². The second-order valence-corrected chi connectivity index (χ2v) is 6.02. The van der Waals surface area contributed by atoms with E-state index in [9.17, 15) is 18.0 Å². The summed E-state index contributed by atoms with van der Waals surface area (Å²) in [6, 6.07) is 1.79. The third-order valence-corrected chi connectivity index (χ3v) is 1.78. The van der Waals surface area contributed by atoms with Gasteiger partial charge >= 0.3 is 12.3 Å². The SMILES string of the molecule is CC(C)(C)OC(=O)Nc1cc(N)nc(C(F)(F)F)c1.CSC. The highest BCUT2D eigenvalue weighted by Crippen LogP contribution is 2.30. The molecule has 0 saturated heterocycles. The summed E-state index contributed by atoms with van der Waals surface area (Å²) in [5.74, 6) is -0.346. The number of anilines is 2.